The van der Waals surface area contributed by atoms with Gasteiger partial charge in [-0.2, -0.15) is 0 Å². The molecule has 1 N–H and O–H groups in total. The van der Waals surface area contributed by atoms with Crippen LogP contribution in [-0.4, -0.2) is 59.7 Å². The molecule has 2 aliphatic rings. The third-order valence-corrected chi connectivity index (χ3v) is 5.15. The standard InChI is InChI=1S/C19H28N2O3/c1-24-17-8-5-7-16(13-17)14-21-12-6-9-19(23,18(21)22)15-20-10-3-2-4-11-20/h5,7-8,13,23H,2-4,6,9-12,14-15H2,1H3/t19-/m1/s1. The quantitative estimate of drug-likeness (QED) is 0.896. The fraction of sp³-hybridized carbons (Fsp3) is 0.632. The number of rotatable bonds is 5. The SMILES string of the molecule is COc1cccc(CN2CCC[C@@](O)(CN3CCCCC3)C2=O)c1. The van der Waals surface area contributed by atoms with Crippen LogP contribution in [0.5, 0.6) is 5.75 Å². The van der Waals surface area contributed by atoms with Gasteiger partial charge < -0.3 is 14.7 Å². The molecule has 2 fully saturated rings. The van der Waals surface area contributed by atoms with E-state index in [1.165, 1.54) is 6.42 Å². The maximum atomic E-state index is 12.9. The number of benzene rings is 1. The van der Waals surface area contributed by atoms with Gasteiger partial charge in [0, 0.05) is 19.6 Å². The van der Waals surface area contributed by atoms with E-state index >= 15 is 0 Å². The van der Waals surface area contributed by atoms with Gasteiger partial charge in [-0.15, -0.1) is 0 Å². The van der Waals surface area contributed by atoms with E-state index in [1.807, 2.05) is 24.3 Å². The molecule has 0 radical (unpaired) electrons. The number of ether oxygens (including phenoxy) is 1. The van der Waals surface area contributed by atoms with Crippen molar-refractivity contribution in [2.24, 2.45) is 0 Å². The van der Waals surface area contributed by atoms with Gasteiger partial charge in [0.2, 0.25) is 0 Å². The number of hydrogen-bond donors (Lipinski definition) is 1. The van der Waals surface area contributed by atoms with Crippen LogP contribution in [-0.2, 0) is 11.3 Å². The molecule has 2 saturated heterocycles. The normalized spacial score (nSPS) is 25.8. The van der Waals surface area contributed by atoms with E-state index in [2.05, 4.69) is 4.90 Å². The number of nitrogens with zero attached hydrogens (tertiary/aromatic N) is 2. The molecule has 3 rings (SSSR count). The van der Waals surface area contributed by atoms with Gasteiger partial charge >= 0.3 is 0 Å². The Hall–Kier alpha value is -1.59. The fourth-order valence-electron chi connectivity index (χ4n) is 3.84. The largest absolute Gasteiger partial charge is 0.497 e. The molecule has 0 aliphatic carbocycles. The molecule has 0 spiro atoms. The van der Waals surface area contributed by atoms with Gasteiger partial charge in [-0.05, 0) is 56.5 Å². The Labute approximate surface area is 144 Å². The maximum absolute atomic E-state index is 12.9. The van der Waals surface area contributed by atoms with Crippen LogP contribution in [0.15, 0.2) is 24.3 Å². The Balaban J connectivity index is 1.67. The summed E-state index contributed by atoms with van der Waals surface area (Å²) in [5, 5.41) is 11.0. The monoisotopic (exact) mass is 332 g/mol. The highest BCUT2D eigenvalue weighted by Gasteiger charge is 2.43. The molecule has 2 heterocycles. The lowest BCUT2D eigenvalue weighted by atomic mass is 9.90. The second kappa shape index (κ2) is 7.53. The van der Waals surface area contributed by atoms with Crippen LogP contribution >= 0.6 is 0 Å². The van der Waals surface area contributed by atoms with E-state index in [0.717, 1.165) is 43.7 Å². The minimum atomic E-state index is -1.23. The van der Waals surface area contributed by atoms with Crippen molar-refractivity contribution in [3.8, 4) is 5.75 Å². The van der Waals surface area contributed by atoms with Crippen LogP contribution in [0.3, 0.4) is 0 Å². The summed E-state index contributed by atoms with van der Waals surface area (Å²) in [5.41, 5.74) is -0.195. The van der Waals surface area contributed by atoms with Crippen molar-refractivity contribution in [3.63, 3.8) is 0 Å². The highest BCUT2D eigenvalue weighted by atomic mass is 16.5. The summed E-state index contributed by atoms with van der Waals surface area (Å²) in [6.45, 7) is 3.69. The maximum Gasteiger partial charge on any atom is 0.256 e. The van der Waals surface area contributed by atoms with Crippen LogP contribution < -0.4 is 4.74 Å². The molecule has 0 bridgehead atoms. The van der Waals surface area contributed by atoms with Gasteiger partial charge in [0.05, 0.1) is 7.11 Å². The van der Waals surface area contributed by atoms with Crippen molar-refractivity contribution in [1.29, 1.82) is 0 Å². The third-order valence-electron chi connectivity index (χ3n) is 5.15. The zero-order valence-electron chi connectivity index (χ0n) is 14.5. The molecule has 0 aromatic heterocycles. The summed E-state index contributed by atoms with van der Waals surface area (Å²) in [6.07, 6.45) is 5.00. The van der Waals surface area contributed by atoms with Crippen LogP contribution in [0, 0.1) is 0 Å². The molecular formula is C19H28N2O3. The molecule has 1 aromatic carbocycles. The smallest absolute Gasteiger partial charge is 0.256 e. The average molecular weight is 332 g/mol. The second-order valence-electron chi connectivity index (χ2n) is 7.05. The summed E-state index contributed by atoms with van der Waals surface area (Å²) in [4.78, 5) is 16.9. The highest BCUT2D eigenvalue weighted by molar-refractivity contribution is 5.86. The molecule has 132 valence electrons. The number of likely N-dealkylation sites (tertiary alicyclic amines) is 2. The summed E-state index contributed by atoms with van der Waals surface area (Å²) < 4.78 is 5.25. The number of β-amino-alcohol motifs (C(OH)–C–C–N with tert-alkyl or cyclic N) is 1. The van der Waals surface area contributed by atoms with Crippen molar-refractivity contribution >= 4 is 5.91 Å². The predicted octanol–water partition coefficient (Wildman–Crippen LogP) is 2.03. The first-order chi connectivity index (χ1) is 11.6. The lowest BCUT2D eigenvalue weighted by molar-refractivity contribution is -0.160. The first kappa shape index (κ1) is 17.2. The molecular weight excluding hydrogens is 304 g/mol. The van der Waals surface area contributed by atoms with E-state index in [0.29, 0.717) is 26.1 Å². The Kier molecular flexibility index (Phi) is 5.41. The number of amides is 1. The van der Waals surface area contributed by atoms with Gasteiger partial charge in [-0.3, -0.25) is 9.69 Å². The van der Waals surface area contributed by atoms with E-state index in [9.17, 15) is 9.90 Å². The summed E-state index contributed by atoms with van der Waals surface area (Å²) in [6, 6.07) is 7.77. The van der Waals surface area contributed by atoms with Gasteiger partial charge in [0.25, 0.3) is 5.91 Å². The molecule has 1 aromatic rings. The van der Waals surface area contributed by atoms with Crippen molar-refractivity contribution in [1.82, 2.24) is 9.80 Å². The summed E-state index contributed by atoms with van der Waals surface area (Å²) >= 11 is 0. The summed E-state index contributed by atoms with van der Waals surface area (Å²) in [7, 11) is 1.64. The number of piperidine rings is 2. The molecule has 2 aliphatic heterocycles. The van der Waals surface area contributed by atoms with Gasteiger partial charge in [0.15, 0.2) is 5.60 Å². The Morgan fingerprint density at radius 3 is 2.71 bits per heavy atom. The fourth-order valence-corrected chi connectivity index (χ4v) is 3.84. The lowest BCUT2D eigenvalue weighted by Gasteiger charge is -2.41. The number of aliphatic hydroxyl groups is 1. The van der Waals surface area contributed by atoms with Crippen LogP contribution in [0.1, 0.15) is 37.7 Å². The minimum Gasteiger partial charge on any atom is -0.497 e. The second-order valence-corrected chi connectivity index (χ2v) is 7.05. The lowest BCUT2D eigenvalue weighted by Crippen LogP contribution is -2.58. The average Bonchev–Trinajstić information content (AvgIpc) is 2.60. The van der Waals surface area contributed by atoms with Crippen molar-refractivity contribution in [3.05, 3.63) is 29.8 Å². The number of carbonyl (C=O) groups is 1. The van der Waals surface area contributed by atoms with Crippen LogP contribution in [0.25, 0.3) is 0 Å². The molecule has 0 saturated carbocycles. The summed E-state index contributed by atoms with van der Waals surface area (Å²) in [5.74, 6) is 0.669. The Bertz CT molecular complexity index is 571. The van der Waals surface area contributed by atoms with Gasteiger partial charge in [-0.25, -0.2) is 0 Å². The molecule has 1 amide bonds. The van der Waals surface area contributed by atoms with Crippen LogP contribution in [0.4, 0.5) is 0 Å². The van der Waals surface area contributed by atoms with Crippen molar-refractivity contribution in [2.75, 3.05) is 33.3 Å². The zero-order chi connectivity index (χ0) is 17.0. The molecule has 1 atom stereocenters. The molecule has 5 nitrogen and oxygen atoms in total. The van der Waals surface area contributed by atoms with Crippen molar-refractivity contribution in [2.45, 2.75) is 44.2 Å². The molecule has 24 heavy (non-hydrogen) atoms. The molecule has 0 unspecified atom stereocenters. The minimum absolute atomic E-state index is 0.123. The van der Waals surface area contributed by atoms with E-state index < -0.39 is 5.60 Å². The van der Waals surface area contributed by atoms with Gasteiger partial charge in [0.1, 0.15) is 5.75 Å². The van der Waals surface area contributed by atoms with E-state index in [1.54, 1.807) is 12.0 Å². The van der Waals surface area contributed by atoms with Crippen LogP contribution in [0.2, 0.25) is 0 Å². The first-order valence-electron chi connectivity index (χ1n) is 8.98. The number of methoxy groups -OCH3 is 1. The number of carbonyl (C=O) groups excluding carboxylic acids is 1. The van der Waals surface area contributed by atoms with E-state index in [-0.39, 0.29) is 5.91 Å². The zero-order valence-corrected chi connectivity index (χ0v) is 14.5. The van der Waals surface area contributed by atoms with Crippen molar-refractivity contribution < 1.29 is 14.6 Å². The number of hydrogen-bond acceptors (Lipinski definition) is 4. The van der Waals surface area contributed by atoms with E-state index in [4.69, 9.17) is 4.74 Å². The third kappa shape index (κ3) is 3.90. The highest BCUT2D eigenvalue weighted by Crippen LogP contribution is 2.27. The predicted molar refractivity (Wildman–Crippen MR) is 92.9 cm³/mol. The first-order valence-corrected chi connectivity index (χ1v) is 8.98. The topological polar surface area (TPSA) is 53.0 Å². The van der Waals surface area contributed by atoms with Gasteiger partial charge in [-0.1, -0.05) is 18.6 Å². The molecule has 5 heteroatoms. The Morgan fingerprint density at radius 2 is 1.96 bits per heavy atom. The Morgan fingerprint density at radius 1 is 1.17 bits per heavy atom.